The van der Waals surface area contributed by atoms with Crippen LogP contribution in [0, 0.1) is 5.41 Å². The second-order valence-electron chi connectivity index (χ2n) is 11.3. The van der Waals surface area contributed by atoms with E-state index in [9.17, 15) is 4.79 Å². The van der Waals surface area contributed by atoms with Crippen LogP contribution in [0.5, 0.6) is 0 Å². The third kappa shape index (κ3) is 3.04. The van der Waals surface area contributed by atoms with Crippen molar-refractivity contribution in [3.63, 3.8) is 0 Å². The highest BCUT2D eigenvalue weighted by atomic mass is 16.2. The summed E-state index contributed by atoms with van der Waals surface area (Å²) in [5, 5.41) is 6.49. The van der Waals surface area contributed by atoms with Gasteiger partial charge in [-0.3, -0.25) is 4.79 Å². The molecule has 0 bridgehead atoms. The number of likely N-dealkylation sites (tertiary alicyclic amines) is 1. The van der Waals surface area contributed by atoms with Gasteiger partial charge < -0.3 is 25.3 Å². The predicted molar refractivity (Wildman–Crippen MR) is 133 cm³/mol. The zero-order valence-corrected chi connectivity index (χ0v) is 19.9. The van der Waals surface area contributed by atoms with Gasteiger partial charge >= 0.3 is 0 Å². The molecule has 2 aromatic rings. The van der Waals surface area contributed by atoms with Crippen molar-refractivity contribution in [3.8, 4) is 0 Å². The van der Waals surface area contributed by atoms with Gasteiger partial charge in [-0.15, -0.1) is 0 Å². The normalized spacial score (nSPS) is 27.7. The smallest absolute Gasteiger partial charge is 0.246 e. The number of nitrogens with zero attached hydrogens (tertiary/aromatic N) is 5. The molecular formula is C26H33N7O. The standard InChI is InChI=1S/C26H33N7O/c1-31-14-25(15-31)16-32(17-25)20-8-6-19(7-9-20)29-24-28-13-18-12-26(10-11-27-23(26)34)33(22(18)30-24)21-4-2-3-5-21/h6-9,13,21H,2-5,10-12,14-17H2,1H3,(H,27,34)(H,28,29,30). The van der Waals surface area contributed by atoms with Crippen LogP contribution in [0.15, 0.2) is 30.5 Å². The lowest BCUT2D eigenvalue weighted by Gasteiger charge is -2.60. The van der Waals surface area contributed by atoms with E-state index in [-0.39, 0.29) is 5.91 Å². The number of anilines is 4. The van der Waals surface area contributed by atoms with E-state index in [4.69, 9.17) is 4.98 Å². The maximum Gasteiger partial charge on any atom is 0.246 e. The van der Waals surface area contributed by atoms with Crippen LogP contribution < -0.4 is 20.4 Å². The molecule has 4 aliphatic heterocycles. The first-order chi connectivity index (χ1) is 16.5. The fourth-order valence-electron chi connectivity index (χ4n) is 7.27. The topological polar surface area (TPSA) is 76.6 Å². The summed E-state index contributed by atoms with van der Waals surface area (Å²) >= 11 is 0. The molecule has 1 aromatic heterocycles. The van der Waals surface area contributed by atoms with Crippen LogP contribution in [-0.2, 0) is 11.2 Å². The highest BCUT2D eigenvalue weighted by molar-refractivity contribution is 5.94. The Kier molecular flexibility index (Phi) is 4.41. The van der Waals surface area contributed by atoms with Gasteiger partial charge in [0.1, 0.15) is 11.4 Å². The molecule has 1 aliphatic carbocycles. The molecule has 0 radical (unpaired) electrons. The molecule has 8 heteroatoms. The Bertz CT molecular complexity index is 1110. The van der Waals surface area contributed by atoms with E-state index in [1.165, 1.54) is 31.6 Å². The minimum atomic E-state index is -0.476. The summed E-state index contributed by atoms with van der Waals surface area (Å²) in [4.78, 5) is 29.8. The quantitative estimate of drug-likeness (QED) is 0.728. The van der Waals surface area contributed by atoms with Crippen molar-refractivity contribution in [1.82, 2.24) is 20.2 Å². The number of aromatic nitrogens is 2. The first-order valence-electron chi connectivity index (χ1n) is 12.8. The molecule has 1 unspecified atom stereocenters. The van der Waals surface area contributed by atoms with Crippen LogP contribution >= 0.6 is 0 Å². The van der Waals surface area contributed by atoms with E-state index in [1.807, 2.05) is 6.20 Å². The lowest BCUT2D eigenvalue weighted by Crippen LogP contribution is -2.71. The van der Waals surface area contributed by atoms with E-state index in [0.29, 0.717) is 23.8 Å². The Labute approximate surface area is 200 Å². The molecule has 7 rings (SSSR count). The molecule has 3 saturated heterocycles. The average Bonchev–Trinajstić information content (AvgIpc) is 3.50. The van der Waals surface area contributed by atoms with Gasteiger partial charge in [-0.1, -0.05) is 12.8 Å². The van der Waals surface area contributed by atoms with Gasteiger partial charge in [-0.25, -0.2) is 4.98 Å². The van der Waals surface area contributed by atoms with Crippen molar-refractivity contribution < 1.29 is 4.79 Å². The molecule has 8 nitrogen and oxygen atoms in total. The van der Waals surface area contributed by atoms with Gasteiger partial charge in [0, 0.05) is 73.7 Å². The fraction of sp³-hybridized carbons (Fsp3) is 0.577. The highest BCUT2D eigenvalue weighted by Crippen LogP contribution is 2.46. The molecule has 1 amide bonds. The van der Waals surface area contributed by atoms with Crippen molar-refractivity contribution >= 4 is 29.0 Å². The van der Waals surface area contributed by atoms with Gasteiger partial charge in [-0.05, 0) is 50.6 Å². The highest BCUT2D eigenvalue weighted by Gasteiger charge is 2.55. The van der Waals surface area contributed by atoms with Gasteiger partial charge in [0.25, 0.3) is 0 Å². The number of carbonyl (C=O) groups excluding carboxylic acids is 1. The van der Waals surface area contributed by atoms with E-state index in [2.05, 4.69) is 61.6 Å². The summed E-state index contributed by atoms with van der Waals surface area (Å²) in [7, 11) is 2.20. The number of benzene rings is 1. The summed E-state index contributed by atoms with van der Waals surface area (Å²) in [6, 6.07) is 9.00. The van der Waals surface area contributed by atoms with Crippen molar-refractivity contribution in [2.45, 2.75) is 50.1 Å². The minimum absolute atomic E-state index is 0.156. The Morgan fingerprint density at radius 3 is 2.53 bits per heavy atom. The van der Waals surface area contributed by atoms with Crippen molar-refractivity contribution in [2.24, 2.45) is 5.41 Å². The first-order valence-corrected chi connectivity index (χ1v) is 12.8. The predicted octanol–water partition coefficient (Wildman–Crippen LogP) is 2.54. The summed E-state index contributed by atoms with van der Waals surface area (Å²) in [5.41, 5.74) is 3.42. The minimum Gasteiger partial charge on any atom is -0.370 e. The van der Waals surface area contributed by atoms with Crippen LogP contribution in [0.4, 0.5) is 23.1 Å². The molecule has 1 saturated carbocycles. The lowest BCUT2D eigenvalue weighted by atomic mass is 9.73. The van der Waals surface area contributed by atoms with Gasteiger partial charge in [0.15, 0.2) is 0 Å². The number of nitrogens with one attached hydrogen (secondary N) is 2. The second kappa shape index (κ2) is 7.31. The summed E-state index contributed by atoms with van der Waals surface area (Å²) in [5.74, 6) is 1.71. The zero-order valence-electron chi connectivity index (χ0n) is 19.9. The number of amides is 1. The average molecular weight is 460 g/mol. The number of fused-ring (bicyclic) bond motifs is 1. The summed E-state index contributed by atoms with van der Waals surface area (Å²) < 4.78 is 0. The molecule has 2 N–H and O–H groups in total. The van der Waals surface area contributed by atoms with Crippen molar-refractivity contribution in [1.29, 1.82) is 0 Å². The van der Waals surface area contributed by atoms with Crippen LogP contribution in [0.3, 0.4) is 0 Å². The third-order valence-electron chi connectivity index (χ3n) is 8.70. The van der Waals surface area contributed by atoms with Crippen molar-refractivity contribution in [2.75, 3.05) is 54.9 Å². The van der Waals surface area contributed by atoms with E-state index in [0.717, 1.165) is 56.0 Å². The van der Waals surface area contributed by atoms with Crippen LogP contribution in [0.25, 0.3) is 0 Å². The maximum absolute atomic E-state index is 13.0. The SMILES string of the molecule is CN1CC2(C1)CN(c1ccc(Nc3ncc4c(n3)N(C3CCCC3)C3(CCNC3=O)C4)cc1)C2. The lowest BCUT2D eigenvalue weighted by molar-refractivity contribution is -0.123. The summed E-state index contributed by atoms with van der Waals surface area (Å²) in [6.45, 7) is 5.50. The largest absolute Gasteiger partial charge is 0.370 e. The van der Waals surface area contributed by atoms with E-state index >= 15 is 0 Å². The fourth-order valence-corrected chi connectivity index (χ4v) is 7.27. The molecule has 5 heterocycles. The molecule has 1 atom stereocenters. The second-order valence-corrected chi connectivity index (χ2v) is 11.3. The zero-order chi connectivity index (χ0) is 22.9. The number of carbonyl (C=O) groups is 1. The van der Waals surface area contributed by atoms with Crippen LogP contribution in [-0.4, -0.2) is 72.1 Å². The Morgan fingerprint density at radius 2 is 1.85 bits per heavy atom. The van der Waals surface area contributed by atoms with Crippen LogP contribution in [0.1, 0.15) is 37.7 Å². The Morgan fingerprint density at radius 1 is 1.09 bits per heavy atom. The van der Waals surface area contributed by atoms with E-state index < -0.39 is 5.54 Å². The maximum atomic E-state index is 13.0. The van der Waals surface area contributed by atoms with E-state index in [1.54, 1.807) is 0 Å². The van der Waals surface area contributed by atoms with Gasteiger partial charge in [0.2, 0.25) is 11.9 Å². The number of hydrogen-bond donors (Lipinski definition) is 2. The number of rotatable bonds is 4. The van der Waals surface area contributed by atoms with Gasteiger partial charge in [0.05, 0.1) is 0 Å². The molecule has 5 aliphatic rings. The van der Waals surface area contributed by atoms with Gasteiger partial charge in [-0.2, -0.15) is 4.98 Å². The van der Waals surface area contributed by atoms with Crippen LogP contribution in [0.2, 0.25) is 0 Å². The van der Waals surface area contributed by atoms with Crippen molar-refractivity contribution in [3.05, 3.63) is 36.0 Å². The summed E-state index contributed by atoms with van der Waals surface area (Å²) in [6.07, 6.45) is 8.21. The molecule has 178 valence electrons. The Balaban J connectivity index is 1.10. The monoisotopic (exact) mass is 459 g/mol. The molecular weight excluding hydrogens is 426 g/mol. The molecule has 4 fully saturated rings. The molecule has 34 heavy (non-hydrogen) atoms. The first kappa shape index (κ1) is 20.5. The third-order valence-corrected chi connectivity index (χ3v) is 8.70. The Hall–Kier alpha value is -2.87. The molecule has 2 spiro atoms. The number of hydrogen-bond acceptors (Lipinski definition) is 7. The molecule has 1 aromatic carbocycles.